The molecule has 18 heavy (non-hydrogen) atoms. The fourth-order valence-corrected chi connectivity index (χ4v) is 3.06. The largest absolute Gasteiger partial charge is 0.342 e. The van der Waals surface area contributed by atoms with Gasteiger partial charge >= 0.3 is 0 Å². The van der Waals surface area contributed by atoms with Crippen molar-refractivity contribution in [3.8, 4) is 0 Å². The van der Waals surface area contributed by atoms with E-state index in [-0.39, 0.29) is 0 Å². The van der Waals surface area contributed by atoms with Crippen molar-refractivity contribution in [2.75, 3.05) is 7.05 Å². The maximum absolute atomic E-state index is 4.63. The smallest absolute Gasteiger partial charge is 0.107 e. The third-order valence-corrected chi connectivity index (χ3v) is 4.42. The molecule has 0 radical (unpaired) electrons. The van der Waals surface area contributed by atoms with Crippen LogP contribution in [-0.2, 0) is 6.42 Å². The summed E-state index contributed by atoms with van der Waals surface area (Å²) in [6.07, 6.45) is 4.96. The van der Waals surface area contributed by atoms with Crippen molar-refractivity contribution >= 4 is 27.0 Å². The van der Waals surface area contributed by atoms with E-state index in [4.69, 9.17) is 0 Å². The van der Waals surface area contributed by atoms with Crippen molar-refractivity contribution in [1.82, 2.24) is 15.3 Å². The molecule has 2 N–H and O–H groups in total. The number of imidazole rings is 1. The van der Waals surface area contributed by atoms with E-state index in [1.54, 1.807) is 0 Å². The lowest BCUT2D eigenvalue weighted by molar-refractivity contribution is 0.220. The Morgan fingerprint density at radius 2 is 2.28 bits per heavy atom. The number of aromatic nitrogens is 2. The molecule has 3 nitrogen and oxygen atoms in total. The number of halogens is 1. The first kappa shape index (κ1) is 12.2. The molecule has 1 aliphatic rings. The van der Waals surface area contributed by atoms with Crippen molar-refractivity contribution in [2.24, 2.45) is 5.92 Å². The first-order valence-electron chi connectivity index (χ1n) is 6.56. The average Bonchev–Trinajstić information content (AvgIpc) is 2.69. The Kier molecular flexibility index (Phi) is 3.39. The van der Waals surface area contributed by atoms with E-state index in [1.807, 2.05) is 6.07 Å². The SMILES string of the molecule is CNC1CC(CCc2nc3ccc(Br)cc3[nH]2)C1. The second-order valence-corrected chi connectivity index (χ2v) is 6.12. The number of aromatic amines is 1. The molecular formula is C14H18BrN3. The van der Waals surface area contributed by atoms with E-state index in [1.165, 1.54) is 19.3 Å². The van der Waals surface area contributed by atoms with E-state index in [0.717, 1.165) is 39.7 Å². The standard InChI is InChI=1S/C14H18BrN3/c1-16-11-6-9(7-11)2-5-14-17-12-4-3-10(15)8-13(12)18-14/h3-4,8-9,11,16H,2,5-7H2,1H3,(H,17,18). The van der Waals surface area contributed by atoms with Crippen LogP contribution in [0.1, 0.15) is 25.1 Å². The van der Waals surface area contributed by atoms with Crippen molar-refractivity contribution in [3.05, 3.63) is 28.5 Å². The van der Waals surface area contributed by atoms with Gasteiger partial charge in [-0.3, -0.25) is 0 Å². The molecule has 0 unspecified atom stereocenters. The van der Waals surface area contributed by atoms with Gasteiger partial charge in [-0.1, -0.05) is 15.9 Å². The zero-order valence-corrected chi connectivity index (χ0v) is 12.1. The lowest BCUT2D eigenvalue weighted by atomic mass is 9.77. The normalized spacial score (nSPS) is 23.2. The van der Waals surface area contributed by atoms with Crippen molar-refractivity contribution in [1.29, 1.82) is 0 Å². The molecule has 1 aromatic carbocycles. The summed E-state index contributed by atoms with van der Waals surface area (Å²) in [6.45, 7) is 0. The molecule has 0 atom stereocenters. The number of hydrogen-bond donors (Lipinski definition) is 2. The molecule has 0 bridgehead atoms. The summed E-state index contributed by atoms with van der Waals surface area (Å²) in [5.41, 5.74) is 2.19. The molecule has 1 aliphatic carbocycles. The number of nitrogens with one attached hydrogen (secondary N) is 2. The maximum atomic E-state index is 4.63. The number of rotatable bonds is 4. The number of hydrogen-bond acceptors (Lipinski definition) is 2. The fourth-order valence-electron chi connectivity index (χ4n) is 2.70. The van der Waals surface area contributed by atoms with Gasteiger partial charge in [-0.25, -0.2) is 4.98 Å². The third-order valence-electron chi connectivity index (χ3n) is 3.93. The summed E-state index contributed by atoms with van der Waals surface area (Å²) in [5.74, 6) is 2.00. The summed E-state index contributed by atoms with van der Waals surface area (Å²) >= 11 is 3.48. The van der Waals surface area contributed by atoms with Gasteiger partial charge in [-0.2, -0.15) is 0 Å². The van der Waals surface area contributed by atoms with E-state index >= 15 is 0 Å². The van der Waals surface area contributed by atoms with Gasteiger partial charge in [0.2, 0.25) is 0 Å². The van der Waals surface area contributed by atoms with Gasteiger partial charge in [0, 0.05) is 16.9 Å². The first-order valence-corrected chi connectivity index (χ1v) is 7.35. The monoisotopic (exact) mass is 307 g/mol. The van der Waals surface area contributed by atoms with Gasteiger partial charge in [0.05, 0.1) is 11.0 Å². The number of H-pyrrole nitrogens is 1. The van der Waals surface area contributed by atoms with Crippen LogP contribution >= 0.6 is 15.9 Å². The topological polar surface area (TPSA) is 40.7 Å². The number of benzene rings is 1. The highest BCUT2D eigenvalue weighted by atomic mass is 79.9. The Morgan fingerprint density at radius 3 is 3.06 bits per heavy atom. The number of nitrogens with zero attached hydrogens (tertiary/aromatic N) is 1. The van der Waals surface area contributed by atoms with Crippen LogP contribution in [0, 0.1) is 5.92 Å². The molecule has 4 heteroatoms. The van der Waals surface area contributed by atoms with Gasteiger partial charge < -0.3 is 10.3 Å². The van der Waals surface area contributed by atoms with Crippen LogP contribution in [0.25, 0.3) is 11.0 Å². The molecule has 0 amide bonds. The van der Waals surface area contributed by atoms with Crippen LogP contribution in [0.5, 0.6) is 0 Å². The van der Waals surface area contributed by atoms with Crippen LogP contribution in [-0.4, -0.2) is 23.1 Å². The van der Waals surface area contributed by atoms with Crippen LogP contribution in [0.3, 0.4) is 0 Å². The van der Waals surface area contributed by atoms with E-state index in [9.17, 15) is 0 Å². The maximum Gasteiger partial charge on any atom is 0.107 e. The molecule has 96 valence electrons. The van der Waals surface area contributed by atoms with Crippen molar-refractivity contribution in [2.45, 2.75) is 31.7 Å². The lowest BCUT2D eigenvalue weighted by Crippen LogP contribution is -2.39. The highest BCUT2D eigenvalue weighted by Crippen LogP contribution is 2.31. The summed E-state index contributed by atoms with van der Waals surface area (Å²) in [6, 6.07) is 6.93. The molecule has 3 rings (SSSR count). The second kappa shape index (κ2) is 5.02. The first-order chi connectivity index (χ1) is 8.74. The second-order valence-electron chi connectivity index (χ2n) is 5.21. The minimum atomic E-state index is 0.752. The molecule has 0 aliphatic heterocycles. The molecule has 1 aromatic heterocycles. The Labute approximate surface area is 116 Å². The van der Waals surface area contributed by atoms with Crippen molar-refractivity contribution in [3.63, 3.8) is 0 Å². The molecule has 0 spiro atoms. The van der Waals surface area contributed by atoms with E-state index < -0.39 is 0 Å². The lowest BCUT2D eigenvalue weighted by Gasteiger charge is -2.34. The minimum Gasteiger partial charge on any atom is -0.342 e. The summed E-state index contributed by atoms with van der Waals surface area (Å²) in [7, 11) is 2.05. The minimum absolute atomic E-state index is 0.752. The van der Waals surface area contributed by atoms with Crippen molar-refractivity contribution < 1.29 is 0 Å². The summed E-state index contributed by atoms with van der Waals surface area (Å²) in [4.78, 5) is 8.04. The van der Waals surface area contributed by atoms with E-state index in [0.29, 0.717) is 0 Å². The van der Waals surface area contributed by atoms with Gasteiger partial charge in [-0.05, 0) is 50.4 Å². The Morgan fingerprint density at radius 1 is 1.44 bits per heavy atom. The number of fused-ring (bicyclic) bond motifs is 1. The summed E-state index contributed by atoms with van der Waals surface area (Å²) in [5, 5.41) is 3.33. The Bertz CT molecular complexity index is 543. The highest BCUT2D eigenvalue weighted by molar-refractivity contribution is 9.10. The predicted molar refractivity (Wildman–Crippen MR) is 77.7 cm³/mol. The van der Waals surface area contributed by atoms with E-state index in [2.05, 4.69) is 50.4 Å². The van der Waals surface area contributed by atoms with Gasteiger partial charge in [0.15, 0.2) is 0 Å². The van der Waals surface area contributed by atoms with Gasteiger partial charge in [0.1, 0.15) is 5.82 Å². The Hall–Kier alpha value is -0.870. The molecule has 2 aromatic rings. The van der Waals surface area contributed by atoms with Crippen LogP contribution in [0.2, 0.25) is 0 Å². The quantitative estimate of drug-likeness (QED) is 0.910. The fraction of sp³-hybridized carbons (Fsp3) is 0.500. The Balaban J connectivity index is 1.61. The molecular weight excluding hydrogens is 290 g/mol. The van der Waals surface area contributed by atoms with Crippen LogP contribution in [0.15, 0.2) is 22.7 Å². The van der Waals surface area contributed by atoms with Gasteiger partial charge in [0.25, 0.3) is 0 Å². The molecule has 1 fully saturated rings. The summed E-state index contributed by atoms with van der Waals surface area (Å²) < 4.78 is 1.10. The van der Waals surface area contributed by atoms with Crippen LogP contribution in [0.4, 0.5) is 0 Å². The van der Waals surface area contributed by atoms with Gasteiger partial charge in [-0.15, -0.1) is 0 Å². The third kappa shape index (κ3) is 2.45. The molecule has 1 saturated carbocycles. The zero-order valence-electron chi connectivity index (χ0n) is 10.5. The average molecular weight is 308 g/mol. The molecule has 0 saturated heterocycles. The predicted octanol–water partition coefficient (Wildman–Crippen LogP) is 3.26. The molecule has 1 heterocycles. The van der Waals surface area contributed by atoms with Crippen LogP contribution < -0.4 is 5.32 Å². The number of aryl methyl sites for hydroxylation is 1. The zero-order chi connectivity index (χ0) is 12.5. The highest BCUT2D eigenvalue weighted by Gasteiger charge is 2.27.